The van der Waals surface area contributed by atoms with E-state index in [0.29, 0.717) is 4.47 Å². The number of hydrogen-bond donors (Lipinski definition) is 0. The highest BCUT2D eigenvalue weighted by Gasteiger charge is 2.28. The molecule has 0 heterocycles. The fourth-order valence-corrected chi connectivity index (χ4v) is 1.44. The van der Waals surface area contributed by atoms with E-state index < -0.39 is 12.6 Å². The molecule has 0 atom stereocenters. The van der Waals surface area contributed by atoms with Gasteiger partial charge in [-0.15, -0.1) is 0 Å². The van der Waals surface area contributed by atoms with Crippen LogP contribution in [0.2, 0.25) is 0 Å². The molecule has 0 amide bonds. The summed E-state index contributed by atoms with van der Waals surface area (Å²) >= 11 is 3.08. The molecule has 0 spiro atoms. The van der Waals surface area contributed by atoms with E-state index in [9.17, 15) is 13.2 Å². The second kappa shape index (κ2) is 6.16. The van der Waals surface area contributed by atoms with Gasteiger partial charge in [0.15, 0.2) is 0 Å². The summed E-state index contributed by atoms with van der Waals surface area (Å²) < 4.78 is 36.6. The van der Waals surface area contributed by atoms with Crippen LogP contribution in [0.1, 0.15) is 25.0 Å². The molecule has 0 aliphatic rings. The predicted molar refractivity (Wildman–Crippen MR) is 60.0 cm³/mol. The Morgan fingerprint density at radius 3 is 2.20 bits per heavy atom. The Morgan fingerprint density at radius 2 is 1.73 bits per heavy atom. The van der Waals surface area contributed by atoms with Crippen molar-refractivity contribution in [1.82, 2.24) is 0 Å². The SMILES string of the molecule is CC.Cc1ccc(Br)c(CC(F)(F)F)c1. The molecule has 1 rings (SSSR count). The van der Waals surface area contributed by atoms with Gasteiger partial charge in [0.1, 0.15) is 0 Å². The van der Waals surface area contributed by atoms with Crippen molar-refractivity contribution in [3.8, 4) is 0 Å². The van der Waals surface area contributed by atoms with Gasteiger partial charge in [-0.1, -0.05) is 47.5 Å². The normalized spacial score (nSPS) is 10.6. The van der Waals surface area contributed by atoms with Gasteiger partial charge in [0.25, 0.3) is 0 Å². The zero-order valence-corrected chi connectivity index (χ0v) is 10.5. The Hall–Kier alpha value is -0.510. The van der Waals surface area contributed by atoms with Crippen LogP contribution in [0.25, 0.3) is 0 Å². The van der Waals surface area contributed by atoms with Crippen molar-refractivity contribution < 1.29 is 13.2 Å². The molecule has 0 aliphatic heterocycles. The highest BCUT2D eigenvalue weighted by atomic mass is 79.9. The largest absolute Gasteiger partial charge is 0.393 e. The zero-order valence-electron chi connectivity index (χ0n) is 8.95. The summed E-state index contributed by atoms with van der Waals surface area (Å²) in [4.78, 5) is 0. The summed E-state index contributed by atoms with van der Waals surface area (Å²) in [5.41, 5.74) is 1.12. The van der Waals surface area contributed by atoms with Crippen molar-refractivity contribution in [2.75, 3.05) is 0 Å². The van der Waals surface area contributed by atoms with Gasteiger partial charge in [-0.3, -0.25) is 0 Å². The third kappa shape index (κ3) is 5.82. The minimum Gasteiger partial charge on any atom is -0.171 e. The minimum atomic E-state index is -4.14. The van der Waals surface area contributed by atoms with E-state index in [1.165, 1.54) is 6.07 Å². The van der Waals surface area contributed by atoms with Gasteiger partial charge in [-0.25, -0.2) is 0 Å². The molecule has 0 N–H and O–H groups in total. The molecule has 86 valence electrons. The number of rotatable bonds is 1. The van der Waals surface area contributed by atoms with Gasteiger partial charge >= 0.3 is 6.18 Å². The molecule has 0 bridgehead atoms. The van der Waals surface area contributed by atoms with Crippen LogP contribution in [-0.4, -0.2) is 6.18 Å². The standard InChI is InChI=1S/C9H8BrF3.C2H6/c1-6-2-3-8(10)7(4-6)5-9(11,12)13;1-2/h2-4H,5H2,1H3;1-2H3. The molecule has 1 aromatic rings. The Morgan fingerprint density at radius 1 is 1.20 bits per heavy atom. The van der Waals surface area contributed by atoms with E-state index in [2.05, 4.69) is 15.9 Å². The summed E-state index contributed by atoms with van der Waals surface area (Å²) in [6, 6.07) is 4.94. The molecule has 0 saturated heterocycles. The molecule has 4 heteroatoms. The Labute approximate surface area is 96.6 Å². The van der Waals surface area contributed by atoms with E-state index in [0.717, 1.165) is 5.56 Å². The molecular formula is C11H14BrF3. The summed E-state index contributed by atoms with van der Waals surface area (Å²) in [6.07, 6.45) is -5.02. The van der Waals surface area contributed by atoms with Crippen LogP contribution in [0.3, 0.4) is 0 Å². The lowest BCUT2D eigenvalue weighted by atomic mass is 10.1. The Balaban J connectivity index is 0.000000921. The third-order valence-corrected chi connectivity index (χ3v) is 2.37. The van der Waals surface area contributed by atoms with Crippen LogP contribution in [0.4, 0.5) is 13.2 Å². The molecule has 1 aromatic carbocycles. The first-order valence-corrected chi connectivity index (χ1v) is 5.49. The van der Waals surface area contributed by atoms with Crippen molar-refractivity contribution in [3.63, 3.8) is 0 Å². The maximum Gasteiger partial charge on any atom is 0.393 e. The van der Waals surface area contributed by atoms with E-state index in [4.69, 9.17) is 0 Å². The zero-order chi connectivity index (χ0) is 12.1. The van der Waals surface area contributed by atoms with Gasteiger partial charge in [-0.05, 0) is 18.6 Å². The second-order valence-corrected chi connectivity index (χ2v) is 3.74. The number of hydrogen-bond acceptors (Lipinski definition) is 0. The molecule has 0 nitrogen and oxygen atoms in total. The van der Waals surface area contributed by atoms with Gasteiger partial charge in [0, 0.05) is 4.47 Å². The van der Waals surface area contributed by atoms with E-state index >= 15 is 0 Å². The average molecular weight is 283 g/mol. The van der Waals surface area contributed by atoms with Gasteiger partial charge in [0.2, 0.25) is 0 Å². The van der Waals surface area contributed by atoms with Crippen LogP contribution in [0.5, 0.6) is 0 Å². The molecule has 0 aliphatic carbocycles. The average Bonchev–Trinajstić information content (AvgIpc) is 2.12. The van der Waals surface area contributed by atoms with Crippen LogP contribution < -0.4 is 0 Å². The monoisotopic (exact) mass is 282 g/mol. The fourth-order valence-electron chi connectivity index (χ4n) is 1.05. The number of halogens is 4. The molecule has 0 fully saturated rings. The molecule has 0 saturated carbocycles. The van der Waals surface area contributed by atoms with Crippen LogP contribution >= 0.6 is 15.9 Å². The molecule has 0 aromatic heterocycles. The lowest BCUT2D eigenvalue weighted by Gasteiger charge is -2.08. The van der Waals surface area contributed by atoms with Crippen LogP contribution in [0.15, 0.2) is 22.7 Å². The number of alkyl halides is 3. The molecule has 0 unspecified atom stereocenters. The van der Waals surface area contributed by atoms with Crippen molar-refractivity contribution in [3.05, 3.63) is 33.8 Å². The third-order valence-electron chi connectivity index (χ3n) is 1.59. The fraction of sp³-hybridized carbons (Fsp3) is 0.455. The number of benzene rings is 1. The minimum absolute atomic E-state index is 0.285. The lowest BCUT2D eigenvalue weighted by molar-refractivity contribution is -0.127. The Bertz CT molecular complexity index is 305. The van der Waals surface area contributed by atoms with Gasteiger partial charge < -0.3 is 0 Å². The first-order valence-electron chi connectivity index (χ1n) is 4.70. The topological polar surface area (TPSA) is 0 Å². The predicted octanol–water partition coefficient (Wildman–Crippen LogP) is 4.89. The van der Waals surface area contributed by atoms with Crippen molar-refractivity contribution >= 4 is 15.9 Å². The van der Waals surface area contributed by atoms with Crippen molar-refractivity contribution in [1.29, 1.82) is 0 Å². The highest BCUT2D eigenvalue weighted by Crippen LogP contribution is 2.26. The quantitative estimate of drug-likeness (QED) is 0.688. The maximum absolute atomic E-state index is 12.0. The summed E-state index contributed by atoms with van der Waals surface area (Å²) in [7, 11) is 0. The van der Waals surface area contributed by atoms with E-state index in [1.807, 2.05) is 13.8 Å². The van der Waals surface area contributed by atoms with Crippen molar-refractivity contribution in [2.24, 2.45) is 0 Å². The van der Waals surface area contributed by atoms with Gasteiger partial charge in [-0.2, -0.15) is 13.2 Å². The molecular weight excluding hydrogens is 269 g/mol. The van der Waals surface area contributed by atoms with E-state index in [1.54, 1.807) is 19.1 Å². The van der Waals surface area contributed by atoms with Crippen molar-refractivity contribution in [2.45, 2.75) is 33.4 Å². The number of aryl methyl sites for hydroxylation is 1. The van der Waals surface area contributed by atoms with Crippen LogP contribution in [0, 0.1) is 6.92 Å². The summed E-state index contributed by atoms with van der Waals surface area (Å²) in [6.45, 7) is 5.77. The Kier molecular flexibility index (Phi) is 5.95. The summed E-state index contributed by atoms with van der Waals surface area (Å²) in [5.74, 6) is 0. The maximum atomic E-state index is 12.0. The van der Waals surface area contributed by atoms with Crippen LogP contribution in [-0.2, 0) is 6.42 Å². The van der Waals surface area contributed by atoms with E-state index in [-0.39, 0.29) is 5.56 Å². The highest BCUT2D eigenvalue weighted by molar-refractivity contribution is 9.10. The second-order valence-electron chi connectivity index (χ2n) is 2.89. The lowest BCUT2D eigenvalue weighted by Crippen LogP contribution is -2.11. The first-order chi connectivity index (χ1) is 6.88. The van der Waals surface area contributed by atoms with Gasteiger partial charge in [0.05, 0.1) is 6.42 Å². The molecule has 15 heavy (non-hydrogen) atoms. The molecule has 0 radical (unpaired) electrons. The summed E-state index contributed by atoms with van der Waals surface area (Å²) in [5, 5.41) is 0. The first kappa shape index (κ1) is 14.5. The smallest absolute Gasteiger partial charge is 0.171 e.